The maximum Gasteiger partial charge on any atom is 0.274 e. The predicted octanol–water partition coefficient (Wildman–Crippen LogP) is 4.22. The van der Waals surface area contributed by atoms with E-state index in [2.05, 4.69) is 20.6 Å². The van der Waals surface area contributed by atoms with Crippen LogP contribution in [0.1, 0.15) is 27.3 Å². The highest BCUT2D eigenvalue weighted by Gasteiger charge is 2.11. The molecule has 3 rings (SSSR count). The largest absolute Gasteiger partial charge is 0.354 e. The van der Waals surface area contributed by atoms with Crippen LogP contribution in [-0.2, 0) is 6.42 Å². The standard InChI is InChI=1S/C21H18ClN5O/c1-14-10-19(20(28)26-18-7-3-5-16(12-18)13-23)27-21(25-14)24-9-8-15-4-2-6-17(22)11-15/h2-7,10-12H,8-9H2,1H3,(H,26,28)(H,24,25,27). The van der Waals surface area contributed by atoms with Gasteiger partial charge in [0.15, 0.2) is 0 Å². The van der Waals surface area contributed by atoms with Crippen LogP contribution in [-0.4, -0.2) is 22.4 Å². The van der Waals surface area contributed by atoms with Gasteiger partial charge in [-0.3, -0.25) is 4.79 Å². The molecule has 0 bridgehead atoms. The van der Waals surface area contributed by atoms with Gasteiger partial charge in [0.2, 0.25) is 5.95 Å². The number of aryl methyl sites for hydroxylation is 1. The van der Waals surface area contributed by atoms with Crippen molar-refractivity contribution < 1.29 is 4.79 Å². The zero-order valence-corrected chi connectivity index (χ0v) is 16.0. The Morgan fingerprint density at radius 3 is 2.75 bits per heavy atom. The Morgan fingerprint density at radius 1 is 1.14 bits per heavy atom. The van der Waals surface area contributed by atoms with Crippen molar-refractivity contribution in [3.05, 3.63) is 82.1 Å². The lowest BCUT2D eigenvalue weighted by molar-refractivity contribution is 0.102. The van der Waals surface area contributed by atoms with Gasteiger partial charge in [0.25, 0.3) is 5.91 Å². The quantitative estimate of drug-likeness (QED) is 0.656. The van der Waals surface area contributed by atoms with Gasteiger partial charge in [-0.15, -0.1) is 0 Å². The van der Waals surface area contributed by atoms with Crippen molar-refractivity contribution >= 4 is 29.1 Å². The number of halogens is 1. The third kappa shape index (κ3) is 5.29. The van der Waals surface area contributed by atoms with Crippen molar-refractivity contribution in [2.45, 2.75) is 13.3 Å². The topological polar surface area (TPSA) is 90.7 Å². The maximum atomic E-state index is 12.5. The van der Waals surface area contributed by atoms with Crippen molar-refractivity contribution in [1.29, 1.82) is 5.26 Å². The van der Waals surface area contributed by atoms with Crippen molar-refractivity contribution in [2.75, 3.05) is 17.2 Å². The fraction of sp³-hybridized carbons (Fsp3) is 0.143. The van der Waals surface area contributed by atoms with E-state index in [0.717, 1.165) is 12.0 Å². The van der Waals surface area contributed by atoms with Crippen LogP contribution >= 0.6 is 11.6 Å². The number of nitriles is 1. The van der Waals surface area contributed by atoms with Crippen LogP contribution in [0.3, 0.4) is 0 Å². The molecule has 0 radical (unpaired) electrons. The van der Waals surface area contributed by atoms with Crippen molar-refractivity contribution in [3.63, 3.8) is 0 Å². The zero-order chi connectivity index (χ0) is 19.9. The van der Waals surface area contributed by atoms with Crippen LogP contribution in [0.5, 0.6) is 0 Å². The lowest BCUT2D eigenvalue weighted by Gasteiger charge is -2.09. The van der Waals surface area contributed by atoms with Crippen LogP contribution in [0.2, 0.25) is 5.02 Å². The molecule has 28 heavy (non-hydrogen) atoms. The number of amides is 1. The van der Waals surface area contributed by atoms with Gasteiger partial charge in [-0.25, -0.2) is 9.97 Å². The number of hydrogen-bond acceptors (Lipinski definition) is 5. The Labute approximate surface area is 168 Å². The predicted molar refractivity (Wildman–Crippen MR) is 110 cm³/mol. The van der Waals surface area contributed by atoms with E-state index >= 15 is 0 Å². The third-order valence-electron chi connectivity index (χ3n) is 3.92. The molecule has 1 amide bonds. The van der Waals surface area contributed by atoms with E-state index in [1.807, 2.05) is 30.3 Å². The minimum Gasteiger partial charge on any atom is -0.354 e. The molecule has 0 spiro atoms. The molecule has 0 atom stereocenters. The molecular weight excluding hydrogens is 374 g/mol. The number of nitrogens with zero attached hydrogens (tertiary/aromatic N) is 3. The highest BCUT2D eigenvalue weighted by atomic mass is 35.5. The lowest BCUT2D eigenvalue weighted by atomic mass is 10.1. The molecule has 6 nitrogen and oxygen atoms in total. The summed E-state index contributed by atoms with van der Waals surface area (Å²) in [5.74, 6) is 0.0245. The summed E-state index contributed by atoms with van der Waals surface area (Å²) in [6, 6.07) is 18.0. The first kappa shape index (κ1) is 19.3. The van der Waals surface area contributed by atoms with Gasteiger partial charge in [-0.1, -0.05) is 29.8 Å². The molecule has 140 valence electrons. The summed E-state index contributed by atoms with van der Waals surface area (Å²) in [5.41, 5.74) is 3.04. The van der Waals surface area contributed by atoms with Crippen molar-refractivity contribution in [3.8, 4) is 6.07 Å². The first-order valence-electron chi connectivity index (χ1n) is 8.69. The summed E-state index contributed by atoms with van der Waals surface area (Å²) < 4.78 is 0. The van der Waals surface area contributed by atoms with E-state index in [-0.39, 0.29) is 11.6 Å². The van der Waals surface area contributed by atoms with Crippen LogP contribution in [0.15, 0.2) is 54.6 Å². The minimum absolute atomic E-state index is 0.250. The van der Waals surface area contributed by atoms with Gasteiger partial charge in [0.1, 0.15) is 5.69 Å². The Bertz CT molecular complexity index is 1040. The smallest absolute Gasteiger partial charge is 0.274 e. The van der Waals surface area contributed by atoms with E-state index in [1.165, 1.54) is 0 Å². The zero-order valence-electron chi connectivity index (χ0n) is 15.2. The van der Waals surface area contributed by atoms with Crippen molar-refractivity contribution in [2.24, 2.45) is 0 Å². The van der Waals surface area contributed by atoms with Gasteiger partial charge < -0.3 is 10.6 Å². The summed E-state index contributed by atoms with van der Waals surface area (Å²) in [7, 11) is 0. The van der Waals surface area contributed by atoms with E-state index in [4.69, 9.17) is 16.9 Å². The Morgan fingerprint density at radius 2 is 1.96 bits per heavy atom. The molecule has 0 unspecified atom stereocenters. The molecule has 0 aliphatic rings. The normalized spacial score (nSPS) is 10.2. The third-order valence-corrected chi connectivity index (χ3v) is 4.16. The minimum atomic E-state index is -0.363. The fourth-order valence-corrected chi connectivity index (χ4v) is 2.85. The summed E-state index contributed by atoms with van der Waals surface area (Å²) >= 11 is 6.00. The molecular formula is C21H18ClN5O. The summed E-state index contributed by atoms with van der Waals surface area (Å²) in [6.45, 7) is 2.41. The first-order valence-corrected chi connectivity index (χ1v) is 9.07. The van der Waals surface area contributed by atoms with E-state index in [1.54, 1.807) is 37.3 Å². The molecule has 2 N–H and O–H groups in total. The van der Waals surface area contributed by atoms with Crippen LogP contribution in [0.4, 0.5) is 11.6 Å². The number of aromatic nitrogens is 2. The second-order valence-electron chi connectivity index (χ2n) is 6.17. The summed E-state index contributed by atoms with van der Waals surface area (Å²) in [6.07, 6.45) is 0.750. The Balaban J connectivity index is 1.66. The molecule has 7 heteroatoms. The second-order valence-corrected chi connectivity index (χ2v) is 6.61. The van der Waals surface area contributed by atoms with E-state index in [9.17, 15) is 4.79 Å². The molecule has 0 aliphatic carbocycles. The first-order chi connectivity index (χ1) is 13.5. The molecule has 1 aromatic heterocycles. The Hall–Kier alpha value is -3.43. The molecule has 0 saturated heterocycles. The number of nitrogens with one attached hydrogen (secondary N) is 2. The summed E-state index contributed by atoms with van der Waals surface area (Å²) in [4.78, 5) is 21.1. The van der Waals surface area contributed by atoms with Crippen LogP contribution in [0.25, 0.3) is 0 Å². The monoisotopic (exact) mass is 391 g/mol. The SMILES string of the molecule is Cc1cc(C(=O)Nc2cccc(C#N)c2)nc(NCCc2cccc(Cl)c2)n1. The lowest BCUT2D eigenvalue weighted by Crippen LogP contribution is -2.17. The molecule has 3 aromatic rings. The average Bonchev–Trinajstić information content (AvgIpc) is 2.68. The number of carbonyl (C=O) groups excluding carboxylic acids is 1. The molecule has 1 heterocycles. The maximum absolute atomic E-state index is 12.5. The highest BCUT2D eigenvalue weighted by molar-refractivity contribution is 6.30. The fourth-order valence-electron chi connectivity index (χ4n) is 2.64. The van der Waals surface area contributed by atoms with Crippen LogP contribution < -0.4 is 10.6 Å². The Kier molecular flexibility index (Phi) is 6.20. The van der Waals surface area contributed by atoms with E-state index in [0.29, 0.717) is 34.5 Å². The second kappa shape index (κ2) is 8.98. The van der Waals surface area contributed by atoms with Gasteiger partial charge in [-0.2, -0.15) is 5.26 Å². The average molecular weight is 392 g/mol. The van der Waals surface area contributed by atoms with Gasteiger partial charge in [-0.05, 0) is 55.3 Å². The number of carbonyl (C=O) groups is 1. The molecule has 0 fully saturated rings. The molecule has 0 aliphatic heterocycles. The molecule has 2 aromatic carbocycles. The number of rotatable bonds is 6. The van der Waals surface area contributed by atoms with Crippen molar-refractivity contribution in [1.82, 2.24) is 9.97 Å². The molecule has 0 saturated carbocycles. The number of benzene rings is 2. The number of anilines is 2. The van der Waals surface area contributed by atoms with Gasteiger partial charge in [0.05, 0.1) is 11.6 Å². The number of hydrogen-bond donors (Lipinski definition) is 2. The highest BCUT2D eigenvalue weighted by Crippen LogP contribution is 2.13. The van der Waals surface area contributed by atoms with Gasteiger partial charge >= 0.3 is 0 Å². The van der Waals surface area contributed by atoms with E-state index < -0.39 is 0 Å². The van der Waals surface area contributed by atoms with Crippen LogP contribution in [0, 0.1) is 18.3 Å². The van der Waals surface area contributed by atoms with Gasteiger partial charge in [0, 0.05) is 22.9 Å². The summed E-state index contributed by atoms with van der Waals surface area (Å²) in [5, 5.41) is 15.6.